The van der Waals surface area contributed by atoms with E-state index in [4.69, 9.17) is 16.6 Å². The fourth-order valence-corrected chi connectivity index (χ4v) is 2.00. The second-order valence-corrected chi connectivity index (χ2v) is 4.80. The Morgan fingerprint density at radius 2 is 1.62 bits per heavy atom. The van der Waals surface area contributed by atoms with Gasteiger partial charge in [-0.15, -0.1) is 0 Å². The van der Waals surface area contributed by atoms with Crippen molar-refractivity contribution in [2.45, 2.75) is 6.10 Å². The number of nitrogen functional groups attached to an aromatic ring is 2. The maximum atomic E-state index is 10.0. The number of hydrogen-bond acceptors (Lipinski definition) is 6. The molecule has 0 spiro atoms. The zero-order valence-electron chi connectivity index (χ0n) is 11.5. The molecule has 0 bridgehead atoms. The number of rotatable bonds is 5. The average Bonchev–Trinajstić information content (AvgIpc) is 2.48. The Bertz CT molecular complexity index is 632. The third kappa shape index (κ3) is 3.56. The van der Waals surface area contributed by atoms with Crippen LogP contribution < -0.4 is 16.8 Å². The highest BCUT2D eigenvalue weighted by atomic mass is 16.3. The van der Waals surface area contributed by atoms with E-state index in [1.54, 1.807) is 30.3 Å². The van der Waals surface area contributed by atoms with Crippen LogP contribution in [0.15, 0.2) is 36.4 Å². The molecule has 0 fully saturated rings. The fraction of sp³-hybridized carbons (Fsp3) is 0.200. The third-order valence-electron chi connectivity index (χ3n) is 3.09. The third-order valence-corrected chi connectivity index (χ3v) is 3.09. The quantitative estimate of drug-likeness (QED) is 0.360. The van der Waals surface area contributed by atoms with Gasteiger partial charge in [0.25, 0.3) is 0 Å². The van der Waals surface area contributed by atoms with Crippen LogP contribution in [0.2, 0.25) is 0 Å². The van der Waals surface area contributed by atoms with Gasteiger partial charge < -0.3 is 32.1 Å². The van der Waals surface area contributed by atoms with Gasteiger partial charge in [-0.3, -0.25) is 0 Å². The molecule has 2 rings (SSSR count). The van der Waals surface area contributed by atoms with E-state index >= 15 is 0 Å². The SMILES string of the molecule is Nc1ccc(O)c(-c2cc(N)ccc2NCC(O)CO)c1. The van der Waals surface area contributed by atoms with Gasteiger partial charge in [0.05, 0.1) is 12.7 Å². The molecule has 21 heavy (non-hydrogen) atoms. The largest absolute Gasteiger partial charge is 0.507 e. The summed E-state index contributed by atoms with van der Waals surface area (Å²) in [6.07, 6.45) is -0.871. The van der Waals surface area contributed by atoms with Crippen LogP contribution >= 0.6 is 0 Å². The first kappa shape index (κ1) is 15.0. The molecular weight excluding hydrogens is 270 g/mol. The van der Waals surface area contributed by atoms with Crippen molar-refractivity contribution in [1.82, 2.24) is 0 Å². The van der Waals surface area contributed by atoms with E-state index in [0.717, 1.165) is 0 Å². The number of hydrogen-bond donors (Lipinski definition) is 6. The van der Waals surface area contributed by atoms with E-state index < -0.39 is 6.10 Å². The summed E-state index contributed by atoms with van der Waals surface area (Å²) in [7, 11) is 0. The van der Waals surface area contributed by atoms with Crippen molar-refractivity contribution in [2.24, 2.45) is 0 Å². The Morgan fingerprint density at radius 3 is 2.29 bits per heavy atom. The molecule has 6 nitrogen and oxygen atoms in total. The second-order valence-electron chi connectivity index (χ2n) is 4.80. The van der Waals surface area contributed by atoms with Crippen molar-refractivity contribution in [2.75, 3.05) is 29.9 Å². The highest BCUT2D eigenvalue weighted by Gasteiger charge is 2.11. The molecule has 8 N–H and O–H groups in total. The molecule has 6 heteroatoms. The highest BCUT2D eigenvalue weighted by molar-refractivity contribution is 5.85. The summed E-state index contributed by atoms with van der Waals surface area (Å²) in [5, 5.41) is 31.3. The van der Waals surface area contributed by atoms with Gasteiger partial charge in [-0.25, -0.2) is 0 Å². The summed E-state index contributed by atoms with van der Waals surface area (Å²) in [6, 6.07) is 9.94. The van der Waals surface area contributed by atoms with E-state index in [2.05, 4.69) is 5.32 Å². The van der Waals surface area contributed by atoms with Gasteiger partial charge in [-0.1, -0.05) is 0 Å². The van der Waals surface area contributed by atoms with Crippen LogP contribution in [0.25, 0.3) is 11.1 Å². The number of phenols is 1. The Balaban J connectivity index is 2.41. The van der Waals surface area contributed by atoms with Crippen LogP contribution in [0.4, 0.5) is 17.1 Å². The van der Waals surface area contributed by atoms with E-state index in [1.807, 2.05) is 0 Å². The smallest absolute Gasteiger partial charge is 0.123 e. The molecule has 0 aliphatic heterocycles. The van der Waals surface area contributed by atoms with Gasteiger partial charge in [-0.05, 0) is 36.4 Å². The lowest BCUT2D eigenvalue weighted by atomic mass is 10.0. The molecule has 0 saturated carbocycles. The normalized spacial score (nSPS) is 12.1. The number of phenolic OH excluding ortho intramolecular Hbond substituents is 1. The lowest BCUT2D eigenvalue weighted by Crippen LogP contribution is -2.23. The molecule has 0 amide bonds. The molecule has 1 unspecified atom stereocenters. The number of aromatic hydroxyl groups is 1. The number of anilines is 3. The van der Waals surface area contributed by atoms with Gasteiger partial charge in [0.1, 0.15) is 5.75 Å². The van der Waals surface area contributed by atoms with Crippen molar-refractivity contribution in [3.8, 4) is 16.9 Å². The number of benzene rings is 2. The first-order chi connectivity index (χ1) is 10.0. The standard InChI is InChI=1S/C15H19N3O3/c16-9-1-3-14(18-7-11(20)8-19)12(5-9)13-6-10(17)2-4-15(13)21/h1-6,11,18-21H,7-8,16-17H2. The van der Waals surface area contributed by atoms with Gasteiger partial charge >= 0.3 is 0 Å². The Kier molecular flexibility index (Phi) is 4.52. The summed E-state index contributed by atoms with van der Waals surface area (Å²) in [4.78, 5) is 0. The zero-order valence-corrected chi connectivity index (χ0v) is 11.5. The van der Waals surface area contributed by atoms with Crippen LogP contribution in [0.3, 0.4) is 0 Å². The molecule has 0 saturated heterocycles. The molecule has 2 aromatic rings. The number of nitrogens with two attached hydrogens (primary N) is 2. The summed E-state index contributed by atoms with van der Waals surface area (Å²) in [5.41, 5.74) is 14.5. The maximum Gasteiger partial charge on any atom is 0.123 e. The molecule has 2 aromatic carbocycles. The summed E-state index contributed by atoms with van der Waals surface area (Å²) in [6.45, 7) is -0.155. The molecule has 0 aromatic heterocycles. The van der Waals surface area contributed by atoms with Crippen LogP contribution in [-0.2, 0) is 0 Å². The number of aliphatic hydroxyl groups excluding tert-OH is 2. The van der Waals surface area contributed by atoms with Crippen molar-refractivity contribution in [3.63, 3.8) is 0 Å². The summed E-state index contributed by atoms with van der Waals surface area (Å²) < 4.78 is 0. The van der Waals surface area contributed by atoms with E-state index in [9.17, 15) is 10.2 Å². The first-order valence-electron chi connectivity index (χ1n) is 6.52. The minimum Gasteiger partial charge on any atom is -0.507 e. The van der Waals surface area contributed by atoms with Gasteiger partial charge in [0.15, 0.2) is 0 Å². The predicted octanol–water partition coefficient (Wildman–Crippen LogP) is 0.989. The lowest BCUT2D eigenvalue weighted by Gasteiger charge is -2.16. The Morgan fingerprint density at radius 1 is 1.00 bits per heavy atom. The first-order valence-corrected chi connectivity index (χ1v) is 6.52. The maximum absolute atomic E-state index is 10.0. The van der Waals surface area contributed by atoms with Crippen molar-refractivity contribution in [3.05, 3.63) is 36.4 Å². The zero-order chi connectivity index (χ0) is 15.4. The highest BCUT2D eigenvalue weighted by Crippen LogP contribution is 2.36. The van der Waals surface area contributed by atoms with E-state index in [1.165, 1.54) is 6.07 Å². The van der Waals surface area contributed by atoms with Crippen molar-refractivity contribution in [1.29, 1.82) is 0 Å². The molecule has 112 valence electrons. The minimum absolute atomic E-state index is 0.0838. The monoisotopic (exact) mass is 289 g/mol. The van der Waals surface area contributed by atoms with Gasteiger partial charge in [0, 0.05) is 34.7 Å². The Hall–Kier alpha value is -2.44. The van der Waals surface area contributed by atoms with Crippen LogP contribution in [0, 0.1) is 0 Å². The average molecular weight is 289 g/mol. The van der Waals surface area contributed by atoms with Crippen LogP contribution in [-0.4, -0.2) is 34.6 Å². The number of nitrogens with one attached hydrogen (secondary N) is 1. The molecule has 0 radical (unpaired) electrons. The van der Waals surface area contributed by atoms with E-state index in [-0.39, 0.29) is 18.9 Å². The fourth-order valence-electron chi connectivity index (χ4n) is 2.00. The Labute approximate surface area is 122 Å². The topological polar surface area (TPSA) is 125 Å². The van der Waals surface area contributed by atoms with Crippen molar-refractivity contribution < 1.29 is 15.3 Å². The minimum atomic E-state index is -0.871. The lowest BCUT2D eigenvalue weighted by molar-refractivity contribution is 0.105. The van der Waals surface area contributed by atoms with Crippen LogP contribution in [0.5, 0.6) is 5.75 Å². The number of aliphatic hydroxyl groups is 2. The molecule has 1 atom stereocenters. The van der Waals surface area contributed by atoms with Crippen molar-refractivity contribution >= 4 is 17.1 Å². The molecule has 0 aliphatic carbocycles. The summed E-state index contributed by atoms with van der Waals surface area (Å²) >= 11 is 0. The molecular formula is C15H19N3O3. The molecule has 0 heterocycles. The van der Waals surface area contributed by atoms with Gasteiger partial charge in [-0.2, -0.15) is 0 Å². The predicted molar refractivity (Wildman–Crippen MR) is 83.9 cm³/mol. The summed E-state index contributed by atoms with van der Waals surface area (Å²) in [5.74, 6) is 0.0838. The molecule has 0 aliphatic rings. The second kappa shape index (κ2) is 6.34. The van der Waals surface area contributed by atoms with E-state index in [0.29, 0.717) is 28.2 Å². The van der Waals surface area contributed by atoms with Gasteiger partial charge in [0.2, 0.25) is 0 Å². The van der Waals surface area contributed by atoms with Crippen LogP contribution in [0.1, 0.15) is 0 Å².